The van der Waals surface area contributed by atoms with E-state index in [1.165, 1.54) is 11.3 Å². The molecule has 1 atom stereocenters. The SMILES string of the molecule is CCOC(=O)C1=C(c2ccccc2)N=c2s/c(=C/c3cccc(C)c3)c(=O)n2[C@@H]1c1ccc(OCC)cc1. The molecule has 7 heteroatoms. The Morgan fingerprint density at radius 3 is 2.45 bits per heavy atom. The first-order valence-electron chi connectivity index (χ1n) is 12.6. The Kier molecular flexibility index (Phi) is 7.38. The molecule has 5 rings (SSSR count). The van der Waals surface area contributed by atoms with Crippen molar-refractivity contribution in [2.75, 3.05) is 13.2 Å². The second-order valence-electron chi connectivity index (χ2n) is 8.85. The fraction of sp³-hybridized carbons (Fsp3) is 0.194. The van der Waals surface area contributed by atoms with Crippen LogP contribution in [-0.4, -0.2) is 23.8 Å². The zero-order valence-electron chi connectivity index (χ0n) is 21.5. The van der Waals surface area contributed by atoms with Gasteiger partial charge in [-0.05, 0) is 50.1 Å². The highest BCUT2D eigenvalue weighted by Gasteiger charge is 2.35. The first kappa shape index (κ1) is 25.4. The molecular weight excluding hydrogens is 496 g/mol. The minimum atomic E-state index is -0.712. The second kappa shape index (κ2) is 11.0. The van der Waals surface area contributed by atoms with Crippen LogP contribution in [0.4, 0.5) is 0 Å². The molecule has 0 unspecified atom stereocenters. The Balaban J connectivity index is 1.80. The molecule has 0 saturated carbocycles. The van der Waals surface area contributed by atoms with Crippen molar-refractivity contribution < 1.29 is 14.3 Å². The van der Waals surface area contributed by atoms with Crippen LogP contribution in [0.5, 0.6) is 5.75 Å². The number of nitrogens with zero attached hydrogens (tertiary/aromatic N) is 2. The molecule has 6 nitrogen and oxygen atoms in total. The minimum absolute atomic E-state index is 0.206. The standard InChI is InChI=1S/C31H28N2O4S/c1-4-36-24-16-14-23(15-17-24)28-26(30(35)37-5-2)27(22-12-7-6-8-13-22)32-31-33(28)29(34)25(38-31)19-21-11-9-10-20(3)18-21/h6-19,28H,4-5H2,1-3H3/b25-19+/t28-/m1/s1. The lowest BCUT2D eigenvalue weighted by molar-refractivity contribution is -0.138. The summed E-state index contributed by atoms with van der Waals surface area (Å²) in [5, 5.41) is 0. The van der Waals surface area contributed by atoms with Gasteiger partial charge in [0.15, 0.2) is 4.80 Å². The number of thiazole rings is 1. The third-order valence-electron chi connectivity index (χ3n) is 6.22. The first-order chi connectivity index (χ1) is 18.5. The van der Waals surface area contributed by atoms with Gasteiger partial charge in [0.2, 0.25) is 0 Å². The van der Waals surface area contributed by atoms with E-state index in [9.17, 15) is 9.59 Å². The van der Waals surface area contributed by atoms with E-state index in [0.717, 1.165) is 22.3 Å². The van der Waals surface area contributed by atoms with Crippen molar-refractivity contribution in [2.45, 2.75) is 26.8 Å². The quantitative estimate of drug-likeness (QED) is 0.330. The van der Waals surface area contributed by atoms with Gasteiger partial charge in [-0.25, -0.2) is 9.79 Å². The fourth-order valence-electron chi connectivity index (χ4n) is 4.58. The summed E-state index contributed by atoms with van der Waals surface area (Å²) >= 11 is 1.32. The smallest absolute Gasteiger partial charge is 0.338 e. The van der Waals surface area contributed by atoms with Gasteiger partial charge in [0.05, 0.1) is 35.1 Å². The molecule has 0 amide bonds. The second-order valence-corrected chi connectivity index (χ2v) is 9.86. The van der Waals surface area contributed by atoms with Crippen molar-refractivity contribution in [1.29, 1.82) is 0 Å². The summed E-state index contributed by atoms with van der Waals surface area (Å²) in [5.74, 6) is 0.218. The Labute approximate surface area is 224 Å². The van der Waals surface area contributed by atoms with E-state index in [1.807, 2.05) is 98.8 Å². The maximum absolute atomic E-state index is 13.9. The number of hydrogen-bond acceptors (Lipinski definition) is 6. The minimum Gasteiger partial charge on any atom is -0.494 e. The monoisotopic (exact) mass is 524 g/mol. The molecule has 2 heterocycles. The van der Waals surface area contributed by atoms with Crippen molar-refractivity contribution in [2.24, 2.45) is 4.99 Å². The Hall–Kier alpha value is -4.23. The number of benzene rings is 3. The zero-order chi connectivity index (χ0) is 26.6. The normalized spacial score (nSPS) is 15.1. The molecule has 0 spiro atoms. The summed E-state index contributed by atoms with van der Waals surface area (Å²) in [6.45, 7) is 6.46. The molecule has 38 heavy (non-hydrogen) atoms. The van der Waals surface area contributed by atoms with Crippen molar-refractivity contribution in [1.82, 2.24) is 4.57 Å². The Morgan fingerprint density at radius 1 is 1.00 bits per heavy atom. The van der Waals surface area contributed by atoms with Gasteiger partial charge in [-0.2, -0.15) is 0 Å². The number of aromatic nitrogens is 1. The van der Waals surface area contributed by atoms with Gasteiger partial charge in [0.25, 0.3) is 5.56 Å². The molecule has 0 N–H and O–H groups in total. The zero-order valence-corrected chi connectivity index (χ0v) is 22.3. The van der Waals surface area contributed by atoms with Gasteiger partial charge in [-0.1, -0.05) is 83.6 Å². The number of ether oxygens (including phenoxy) is 2. The maximum atomic E-state index is 13.9. The number of aryl methyl sites for hydroxylation is 1. The maximum Gasteiger partial charge on any atom is 0.338 e. The average molecular weight is 525 g/mol. The van der Waals surface area contributed by atoms with Crippen molar-refractivity contribution >= 4 is 29.1 Å². The van der Waals surface area contributed by atoms with Crippen molar-refractivity contribution in [3.05, 3.63) is 126 Å². The van der Waals surface area contributed by atoms with E-state index in [2.05, 4.69) is 0 Å². The van der Waals surface area contributed by atoms with E-state index < -0.39 is 12.0 Å². The molecule has 4 aromatic rings. The Bertz CT molecular complexity index is 1680. The van der Waals surface area contributed by atoms with Crippen LogP contribution in [-0.2, 0) is 9.53 Å². The summed E-state index contributed by atoms with van der Waals surface area (Å²) in [4.78, 5) is 32.8. The molecule has 0 bridgehead atoms. The number of hydrogen-bond donors (Lipinski definition) is 0. The van der Waals surface area contributed by atoms with Crippen LogP contribution < -0.4 is 19.6 Å². The molecule has 1 aromatic heterocycles. The average Bonchev–Trinajstić information content (AvgIpc) is 3.23. The van der Waals surface area contributed by atoms with Crippen LogP contribution in [0, 0.1) is 6.92 Å². The highest BCUT2D eigenvalue weighted by atomic mass is 32.1. The van der Waals surface area contributed by atoms with Crippen molar-refractivity contribution in [3.63, 3.8) is 0 Å². The summed E-state index contributed by atoms with van der Waals surface area (Å²) in [7, 11) is 0. The number of carbonyl (C=O) groups excluding carboxylic acids is 1. The summed E-state index contributed by atoms with van der Waals surface area (Å²) < 4.78 is 13.3. The van der Waals surface area contributed by atoms with E-state index in [4.69, 9.17) is 14.5 Å². The predicted molar refractivity (Wildman–Crippen MR) is 150 cm³/mol. The highest BCUT2D eigenvalue weighted by Crippen LogP contribution is 2.35. The van der Waals surface area contributed by atoms with Crippen LogP contribution in [0.15, 0.2) is 94.2 Å². The van der Waals surface area contributed by atoms with Crippen LogP contribution in [0.2, 0.25) is 0 Å². The third-order valence-corrected chi connectivity index (χ3v) is 7.20. The van der Waals surface area contributed by atoms with Gasteiger partial charge in [0.1, 0.15) is 5.75 Å². The molecule has 3 aromatic carbocycles. The van der Waals surface area contributed by atoms with Gasteiger partial charge < -0.3 is 9.47 Å². The van der Waals surface area contributed by atoms with E-state index in [1.54, 1.807) is 11.5 Å². The molecule has 0 aliphatic carbocycles. The van der Waals surface area contributed by atoms with Gasteiger partial charge in [0, 0.05) is 5.56 Å². The number of carbonyl (C=O) groups is 1. The number of esters is 1. The third kappa shape index (κ3) is 4.97. The van der Waals surface area contributed by atoms with Gasteiger partial charge in [-0.3, -0.25) is 9.36 Å². The van der Waals surface area contributed by atoms with Gasteiger partial charge in [-0.15, -0.1) is 0 Å². The van der Waals surface area contributed by atoms with Gasteiger partial charge >= 0.3 is 5.97 Å². The topological polar surface area (TPSA) is 69.9 Å². The summed E-state index contributed by atoms with van der Waals surface area (Å²) in [6.07, 6.45) is 1.88. The Morgan fingerprint density at radius 2 is 1.76 bits per heavy atom. The van der Waals surface area contributed by atoms with E-state index in [-0.39, 0.29) is 12.2 Å². The largest absolute Gasteiger partial charge is 0.494 e. The van der Waals surface area contributed by atoms with Crippen LogP contribution in [0.3, 0.4) is 0 Å². The summed E-state index contributed by atoms with van der Waals surface area (Å²) in [6, 6.07) is 24.3. The molecule has 1 aliphatic rings. The first-order valence-corrected chi connectivity index (χ1v) is 13.4. The van der Waals surface area contributed by atoms with Crippen LogP contribution in [0.25, 0.3) is 11.8 Å². The van der Waals surface area contributed by atoms with E-state index in [0.29, 0.717) is 33.0 Å². The molecular formula is C31H28N2O4S. The number of fused-ring (bicyclic) bond motifs is 1. The lowest BCUT2D eigenvalue weighted by Crippen LogP contribution is -2.40. The molecule has 1 aliphatic heterocycles. The highest BCUT2D eigenvalue weighted by molar-refractivity contribution is 7.07. The van der Waals surface area contributed by atoms with E-state index >= 15 is 0 Å². The lowest BCUT2D eigenvalue weighted by atomic mass is 9.93. The summed E-state index contributed by atoms with van der Waals surface area (Å²) in [5.41, 5.74) is 4.22. The van der Waals surface area contributed by atoms with Crippen LogP contribution in [0.1, 0.15) is 42.1 Å². The molecule has 0 saturated heterocycles. The fourth-order valence-corrected chi connectivity index (χ4v) is 5.58. The molecule has 0 radical (unpaired) electrons. The molecule has 192 valence electrons. The molecule has 0 fully saturated rings. The predicted octanol–water partition coefficient (Wildman–Crippen LogP) is 4.64. The lowest BCUT2D eigenvalue weighted by Gasteiger charge is -2.26. The van der Waals surface area contributed by atoms with Crippen LogP contribution >= 0.6 is 11.3 Å². The number of rotatable bonds is 7. The van der Waals surface area contributed by atoms with Crippen molar-refractivity contribution in [3.8, 4) is 5.75 Å².